The van der Waals surface area contributed by atoms with Crippen LogP contribution in [-0.4, -0.2) is 35.5 Å². The quantitative estimate of drug-likeness (QED) is 0.801. The second-order valence-corrected chi connectivity index (χ2v) is 6.87. The minimum Gasteiger partial charge on any atom is -0.368 e. The Morgan fingerprint density at radius 2 is 1.93 bits per heavy atom. The third-order valence-electron chi connectivity index (χ3n) is 4.81. The van der Waals surface area contributed by atoms with Crippen molar-refractivity contribution in [3.8, 4) is 0 Å². The number of unbranched alkanes of at least 4 members (excludes halogenated alkanes) is 1. The smallest absolute Gasteiger partial charge is 0.345 e. The molecule has 27 heavy (non-hydrogen) atoms. The van der Waals surface area contributed by atoms with E-state index in [0.29, 0.717) is 18.1 Å². The van der Waals surface area contributed by atoms with Gasteiger partial charge in [-0.3, -0.25) is 0 Å². The molecule has 6 nitrogen and oxygen atoms in total. The Morgan fingerprint density at radius 3 is 2.74 bits per heavy atom. The minimum absolute atomic E-state index is 0.399. The van der Waals surface area contributed by atoms with E-state index in [9.17, 15) is 9.90 Å². The van der Waals surface area contributed by atoms with E-state index >= 15 is 0 Å². The second kappa shape index (κ2) is 7.32. The average molecular weight is 362 g/mol. The molecule has 2 aromatic carbocycles. The number of aliphatic imine (C=N–C) groups is 2. The van der Waals surface area contributed by atoms with Crippen molar-refractivity contribution in [3.05, 3.63) is 59.7 Å². The summed E-state index contributed by atoms with van der Waals surface area (Å²) < 4.78 is 0. The van der Waals surface area contributed by atoms with Gasteiger partial charge in [0, 0.05) is 6.54 Å². The number of hydrogen-bond acceptors (Lipinski definition) is 4. The SMILES string of the molecule is Cc1ccc2c(c1)N=C1C(=NC(=O)NC1O)N2CCCCc1ccccc1. The van der Waals surface area contributed by atoms with Crippen molar-refractivity contribution in [3.63, 3.8) is 0 Å². The molecule has 2 aliphatic heterocycles. The molecule has 1 atom stereocenters. The third-order valence-corrected chi connectivity index (χ3v) is 4.81. The van der Waals surface area contributed by atoms with Gasteiger partial charge in [0.05, 0.1) is 11.4 Å². The lowest BCUT2D eigenvalue weighted by molar-refractivity contribution is 0.195. The van der Waals surface area contributed by atoms with Crippen LogP contribution in [-0.2, 0) is 6.42 Å². The van der Waals surface area contributed by atoms with Gasteiger partial charge < -0.3 is 15.3 Å². The van der Waals surface area contributed by atoms with E-state index in [4.69, 9.17) is 0 Å². The van der Waals surface area contributed by atoms with Gasteiger partial charge in [-0.15, -0.1) is 0 Å². The van der Waals surface area contributed by atoms with Crippen molar-refractivity contribution < 1.29 is 9.90 Å². The molecule has 1 unspecified atom stereocenters. The van der Waals surface area contributed by atoms with Gasteiger partial charge in [0.2, 0.25) is 0 Å². The Labute approximate surface area is 158 Å². The standard InChI is InChI=1S/C21H22N4O2/c1-14-10-11-17-16(13-14)22-18-19(23-21(27)24-20(18)26)25(17)12-6-5-9-15-7-3-2-4-8-15/h2-4,7-8,10-11,13,20,26H,5-6,9,12H2,1H3,(H,24,27). The molecule has 2 aromatic rings. The lowest BCUT2D eigenvalue weighted by Crippen LogP contribution is -2.54. The Hall–Kier alpha value is -2.99. The highest BCUT2D eigenvalue weighted by molar-refractivity contribution is 6.51. The molecular weight excluding hydrogens is 340 g/mol. The number of anilines is 1. The molecule has 0 saturated heterocycles. The molecule has 0 radical (unpaired) electrons. The van der Waals surface area contributed by atoms with Crippen LogP contribution < -0.4 is 10.2 Å². The van der Waals surface area contributed by atoms with E-state index in [2.05, 4.69) is 39.6 Å². The molecule has 0 spiro atoms. The number of amidine groups is 1. The molecule has 0 aromatic heterocycles. The fraction of sp³-hybridized carbons (Fsp3) is 0.286. The lowest BCUT2D eigenvalue weighted by Gasteiger charge is -2.35. The first-order valence-corrected chi connectivity index (χ1v) is 9.20. The van der Waals surface area contributed by atoms with Gasteiger partial charge in [-0.2, -0.15) is 4.99 Å². The number of aliphatic hydroxyl groups excluding tert-OH is 1. The summed E-state index contributed by atoms with van der Waals surface area (Å²) in [5, 5.41) is 12.6. The van der Waals surface area contributed by atoms with E-state index in [-0.39, 0.29) is 0 Å². The summed E-state index contributed by atoms with van der Waals surface area (Å²) in [6, 6.07) is 15.9. The number of fused-ring (bicyclic) bond motifs is 2. The molecule has 0 fully saturated rings. The first-order valence-electron chi connectivity index (χ1n) is 9.20. The third kappa shape index (κ3) is 3.61. The summed E-state index contributed by atoms with van der Waals surface area (Å²) in [5.41, 5.74) is 4.53. The van der Waals surface area contributed by atoms with Gasteiger partial charge in [-0.25, -0.2) is 9.79 Å². The van der Waals surface area contributed by atoms with E-state index in [1.165, 1.54) is 5.56 Å². The number of aliphatic hydroxyl groups is 1. The first-order chi connectivity index (χ1) is 13.1. The molecule has 138 valence electrons. The summed E-state index contributed by atoms with van der Waals surface area (Å²) in [6.07, 6.45) is 1.83. The zero-order valence-electron chi connectivity index (χ0n) is 15.2. The van der Waals surface area contributed by atoms with Crippen LogP contribution in [0.5, 0.6) is 0 Å². The Morgan fingerprint density at radius 1 is 1.11 bits per heavy atom. The first kappa shape index (κ1) is 17.4. The van der Waals surface area contributed by atoms with E-state index in [1.807, 2.05) is 36.1 Å². The molecule has 0 bridgehead atoms. The predicted octanol–water partition coefficient (Wildman–Crippen LogP) is 3.35. The highest BCUT2D eigenvalue weighted by Gasteiger charge is 2.34. The number of aryl methyl sites for hydroxylation is 2. The lowest BCUT2D eigenvalue weighted by atomic mass is 10.1. The number of amides is 2. The van der Waals surface area contributed by atoms with Gasteiger partial charge >= 0.3 is 6.03 Å². The number of carbonyl (C=O) groups excluding carboxylic acids is 1. The molecular formula is C21H22N4O2. The molecule has 2 heterocycles. The van der Waals surface area contributed by atoms with Crippen LogP contribution in [0.3, 0.4) is 0 Å². The number of carbonyl (C=O) groups is 1. The molecule has 2 amide bonds. The van der Waals surface area contributed by atoms with Crippen LogP contribution in [0.2, 0.25) is 0 Å². The van der Waals surface area contributed by atoms with Gasteiger partial charge in [0.1, 0.15) is 5.71 Å². The topological polar surface area (TPSA) is 77.3 Å². The fourth-order valence-corrected chi connectivity index (χ4v) is 3.47. The Kier molecular flexibility index (Phi) is 4.73. The van der Waals surface area contributed by atoms with Crippen LogP contribution in [0.1, 0.15) is 24.0 Å². The van der Waals surface area contributed by atoms with E-state index in [0.717, 1.165) is 36.2 Å². The fourth-order valence-electron chi connectivity index (χ4n) is 3.47. The highest BCUT2D eigenvalue weighted by atomic mass is 16.3. The highest BCUT2D eigenvalue weighted by Crippen LogP contribution is 2.35. The molecule has 2 N–H and O–H groups in total. The second-order valence-electron chi connectivity index (χ2n) is 6.87. The van der Waals surface area contributed by atoms with Crippen molar-refractivity contribution in [2.24, 2.45) is 9.98 Å². The van der Waals surface area contributed by atoms with Crippen molar-refractivity contribution >= 4 is 29.0 Å². The number of benzene rings is 2. The van der Waals surface area contributed by atoms with Crippen LogP contribution in [0, 0.1) is 6.92 Å². The van der Waals surface area contributed by atoms with E-state index in [1.54, 1.807) is 0 Å². The van der Waals surface area contributed by atoms with Gasteiger partial charge in [0.15, 0.2) is 12.1 Å². The van der Waals surface area contributed by atoms with Crippen LogP contribution in [0.4, 0.5) is 16.2 Å². The molecule has 4 rings (SSSR count). The Balaban J connectivity index is 1.56. The number of nitrogens with one attached hydrogen (secondary N) is 1. The monoisotopic (exact) mass is 362 g/mol. The summed E-state index contributed by atoms with van der Waals surface area (Å²) in [7, 11) is 0. The average Bonchev–Trinajstić information content (AvgIpc) is 2.66. The Bertz CT molecular complexity index is 921. The molecule has 0 aliphatic carbocycles. The number of hydrogen-bond donors (Lipinski definition) is 2. The molecule has 6 heteroatoms. The summed E-state index contributed by atoms with van der Waals surface area (Å²) >= 11 is 0. The van der Waals surface area contributed by atoms with Crippen LogP contribution >= 0.6 is 0 Å². The van der Waals surface area contributed by atoms with Gasteiger partial charge in [-0.05, 0) is 49.4 Å². The maximum absolute atomic E-state index is 11.8. The molecule has 2 aliphatic rings. The zero-order valence-corrected chi connectivity index (χ0v) is 15.2. The van der Waals surface area contributed by atoms with Gasteiger partial charge in [-0.1, -0.05) is 36.4 Å². The van der Waals surface area contributed by atoms with Crippen molar-refractivity contribution in [2.45, 2.75) is 32.4 Å². The largest absolute Gasteiger partial charge is 0.368 e. The number of nitrogens with zero attached hydrogens (tertiary/aromatic N) is 3. The maximum atomic E-state index is 11.8. The number of rotatable bonds is 5. The predicted molar refractivity (Wildman–Crippen MR) is 107 cm³/mol. The van der Waals surface area contributed by atoms with E-state index < -0.39 is 12.3 Å². The molecule has 0 saturated carbocycles. The summed E-state index contributed by atoms with van der Waals surface area (Å²) in [4.78, 5) is 22.5. The van der Waals surface area contributed by atoms with Crippen molar-refractivity contribution in [2.75, 3.05) is 11.4 Å². The maximum Gasteiger partial charge on any atom is 0.345 e. The zero-order chi connectivity index (χ0) is 18.8. The van der Waals surface area contributed by atoms with Crippen LogP contribution in [0.15, 0.2) is 58.5 Å². The summed E-state index contributed by atoms with van der Waals surface area (Å²) in [5.74, 6) is 0.447. The normalized spacial score (nSPS) is 18.2. The van der Waals surface area contributed by atoms with Crippen molar-refractivity contribution in [1.82, 2.24) is 5.32 Å². The van der Waals surface area contributed by atoms with Crippen LogP contribution in [0.25, 0.3) is 0 Å². The minimum atomic E-state index is -1.13. The van der Waals surface area contributed by atoms with Gasteiger partial charge in [0.25, 0.3) is 0 Å². The number of urea groups is 1. The van der Waals surface area contributed by atoms with Crippen molar-refractivity contribution in [1.29, 1.82) is 0 Å². The summed E-state index contributed by atoms with van der Waals surface area (Å²) in [6.45, 7) is 2.72.